The quantitative estimate of drug-likeness (QED) is 0.462. The Labute approximate surface area is 187 Å². The highest BCUT2D eigenvalue weighted by Gasteiger charge is 2.58. The van der Waals surface area contributed by atoms with E-state index < -0.39 is 15.5 Å². The van der Waals surface area contributed by atoms with Crippen LogP contribution in [0.5, 0.6) is 0 Å². The molecular weight excluding hydrogens is 431 g/mol. The minimum atomic E-state index is -1.83. The van der Waals surface area contributed by atoms with E-state index in [-0.39, 0.29) is 17.8 Å². The summed E-state index contributed by atoms with van der Waals surface area (Å²) in [7, 11) is -1.83. The normalized spacial score (nSPS) is 20.7. The number of nitrogens with zero attached hydrogens (tertiary/aromatic N) is 5. The van der Waals surface area contributed by atoms with E-state index in [1.165, 1.54) is 12.1 Å². The molecule has 1 aliphatic carbocycles. The van der Waals surface area contributed by atoms with Gasteiger partial charge in [-0.15, -0.1) is 4.21 Å². The number of hydrogen-bond acceptors (Lipinski definition) is 8. The first-order chi connectivity index (χ1) is 15.5. The molecule has 32 heavy (non-hydrogen) atoms. The Morgan fingerprint density at radius 1 is 1.19 bits per heavy atom. The number of aromatic nitrogens is 4. The highest BCUT2D eigenvalue weighted by atomic mass is 32.2. The summed E-state index contributed by atoms with van der Waals surface area (Å²) in [5.74, 6) is 1.04. The van der Waals surface area contributed by atoms with Gasteiger partial charge in [-0.1, -0.05) is 0 Å². The number of rotatable bonds is 5. The molecule has 3 heterocycles. The lowest BCUT2D eigenvalue weighted by atomic mass is 10.2. The van der Waals surface area contributed by atoms with Gasteiger partial charge in [-0.3, -0.25) is 0 Å². The van der Waals surface area contributed by atoms with Crippen LogP contribution in [0.1, 0.15) is 25.5 Å². The minimum absolute atomic E-state index is 0.142. The molecule has 8 nitrogen and oxygen atoms in total. The predicted molar refractivity (Wildman–Crippen MR) is 120 cm³/mol. The monoisotopic (exact) mass is 455 g/mol. The third-order valence-electron chi connectivity index (χ3n) is 5.95. The van der Waals surface area contributed by atoms with E-state index in [1.807, 2.05) is 6.07 Å². The molecule has 1 unspecified atom stereocenters. The van der Waals surface area contributed by atoms with Crippen molar-refractivity contribution in [2.75, 3.05) is 30.4 Å². The van der Waals surface area contributed by atoms with Gasteiger partial charge >= 0.3 is 0 Å². The van der Waals surface area contributed by atoms with E-state index in [4.69, 9.17) is 20.4 Å². The zero-order valence-corrected chi connectivity index (χ0v) is 18.5. The van der Waals surface area contributed by atoms with Crippen LogP contribution in [0.25, 0.3) is 11.4 Å². The fourth-order valence-electron chi connectivity index (χ4n) is 3.98. The molecule has 0 radical (unpaired) electrons. The summed E-state index contributed by atoms with van der Waals surface area (Å²) in [6.07, 6.45) is 4.67. The first kappa shape index (κ1) is 20.9. The molecule has 2 aromatic heterocycles. The zero-order valence-electron chi connectivity index (χ0n) is 17.6. The molecule has 5 rings (SSSR count). The van der Waals surface area contributed by atoms with Gasteiger partial charge in [0.2, 0.25) is 5.95 Å². The number of benzene rings is 1. The Hall–Kier alpha value is -2.98. The first-order valence-corrected chi connectivity index (χ1v) is 11.8. The molecule has 2 aliphatic rings. The van der Waals surface area contributed by atoms with Crippen LogP contribution in [0.15, 0.2) is 47.6 Å². The van der Waals surface area contributed by atoms with Gasteiger partial charge in [-0.25, -0.2) is 24.3 Å². The number of hydrogen-bond donors (Lipinski definition) is 1. The van der Waals surface area contributed by atoms with Crippen molar-refractivity contribution in [1.82, 2.24) is 19.9 Å². The first-order valence-electron chi connectivity index (χ1n) is 10.5. The summed E-state index contributed by atoms with van der Waals surface area (Å²) < 4.78 is 32.0. The van der Waals surface area contributed by atoms with Crippen molar-refractivity contribution in [2.45, 2.75) is 35.4 Å². The van der Waals surface area contributed by atoms with Crippen LogP contribution < -0.4 is 10.6 Å². The van der Waals surface area contributed by atoms with Crippen LogP contribution in [0.4, 0.5) is 16.2 Å². The molecule has 1 saturated carbocycles. The minimum Gasteiger partial charge on any atom is -0.377 e. The molecule has 166 valence electrons. The smallest absolute Gasteiger partial charge is 0.219 e. The van der Waals surface area contributed by atoms with Crippen LogP contribution in [-0.2, 0) is 24.5 Å². The Morgan fingerprint density at radius 3 is 2.56 bits per heavy atom. The SMILES string of the molecule is C[C@H]1COCCN1c1cc(C2([SH+](=O)c3ccc(F)cc3)CC2)nc(-c2cnc(N)nc2)n1. The van der Waals surface area contributed by atoms with Crippen molar-refractivity contribution >= 4 is 22.6 Å². The molecule has 0 spiro atoms. The Kier molecular flexibility index (Phi) is 5.34. The lowest BCUT2D eigenvalue weighted by Crippen LogP contribution is -2.44. The van der Waals surface area contributed by atoms with Crippen LogP contribution in [0.2, 0.25) is 0 Å². The van der Waals surface area contributed by atoms with E-state index in [9.17, 15) is 8.60 Å². The maximum Gasteiger partial charge on any atom is 0.219 e. The summed E-state index contributed by atoms with van der Waals surface area (Å²) in [6.45, 7) is 4.00. The Bertz CT molecular complexity index is 1150. The van der Waals surface area contributed by atoms with Crippen LogP contribution in [0.3, 0.4) is 0 Å². The number of thiol groups is 1. The van der Waals surface area contributed by atoms with Crippen molar-refractivity contribution in [1.29, 1.82) is 0 Å². The van der Waals surface area contributed by atoms with Gasteiger partial charge in [0.25, 0.3) is 0 Å². The van der Waals surface area contributed by atoms with Gasteiger partial charge in [0, 0.05) is 37.8 Å². The molecule has 2 fully saturated rings. The molecule has 2 atom stereocenters. The van der Waals surface area contributed by atoms with Gasteiger partial charge in [-0.2, -0.15) is 0 Å². The number of halogens is 1. The van der Waals surface area contributed by atoms with Crippen LogP contribution in [-0.4, -0.2) is 45.7 Å². The summed E-state index contributed by atoms with van der Waals surface area (Å²) in [5, 5.41) is 0. The second kappa shape index (κ2) is 8.18. The number of nitrogen functional groups attached to an aromatic ring is 1. The second-order valence-electron chi connectivity index (χ2n) is 8.18. The predicted octanol–water partition coefficient (Wildman–Crippen LogP) is 2.62. The second-order valence-corrected chi connectivity index (χ2v) is 10.1. The van der Waals surface area contributed by atoms with Crippen molar-refractivity contribution in [3.8, 4) is 11.4 Å². The van der Waals surface area contributed by atoms with Crippen LogP contribution in [0, 0.1) is 5.82 Å². The maximum atomic E-state index is 13.6. The third-order valence-corrected chi connectivity index (χ3v) is 8.18. The van der Waals surface area contributed by atoms with Crippen molar-refractivity contribution in [3.05, 3.63) is 54.2 Å². The number of anilines is 2. The van der Waals surface area contributed by atoms with Crippen molar-refractivity contribution in [2.24, 2.45) is 0 Å². The van der Waals surface area contributed by atoms with Gasteiger partial charge < -0.3 is 15.4 Å². The van der Waals surface area contributed by atoms with Crippen molar-refractivity contribution < 1.29 is 13.3 Å². The van der Waals surface area contributed by atoms with Gasteiger partial charge in [0.05, 0.1) is 24.8 Å². The summed E-state index contributed by atoms with van der Waals surface area (Å²) >= 11 is 0. The van der Waals surface area contributed by atoms with Gasteiger partial charge in [0.15, 0.2) is 15.5 Å². The Balaban J connectivity index is 1.60. The molecular formula is C22H24FN6O2S+. The highest BCUT2D eigenvalue weighted by molar-refractivity contribution is 7.86. The maximum absolute atomic E-state index is 13.6. The average Bonchev–Trinajstić information content (AvgIpc) is 3.62. The molecule has 0 amide bonds. The van der Waals surface area contributed by atoms with E-state index in [2.05, 4.69) is 21.8 Å². The summed E-state index contributed by atoms with van der Waals surface area (Å²) in [5.41, 5.74) is 7.00. The number of nitrogens with two attached hydrogens (primary N) is 1. The van der Waals surface area contributed by atoms with Crippen molar-refractivity contribution in [3.63, 3.8) is 0 Å². The molecule has 1 aliphatic heterocycles. The fraction of sp³-hybridized carbons (Fsp3) is 0.364. The molecule has 0 bridgehead atoms. The van der Waals surface area contributed by atoms with Gasteiger partial charge in [0.1, 0.15) is 28.1 Å². The summed E-state index contributed by atoms with van der Waals surface area (Å²) in [4.78, 5) is 20.5. The molecule has 10 heteroatoms. The Morgan fingerprint density at radius 2 is 1.91 bits per heavy atom. The zero-order chi connectivity index (χ0) is 22.3. The molecule has 2 N–H and O–H groups in total. The van der Waals surface area contributed by atoms with E-state index in [0.717, 1.165) is 24.4 Å². The van der Waals surface area contributed by atoms with Crippen LogP contribution >= 0.6 is 0 Å². The highest BCUT2D eigenvalue weighted by Crippen LogP contribution is 2.53. The topological polar surface area (TPSA) is 107 Å². The summed E-state index contributed by atoms with van der Waals surface area (Å²) in [6, 6.07) is 7.95. The molecule has 1 aromatic carbocycles. The van der Waals surface area contributed by atoms with Gasteiger partial charge in [-0.05, 0) is 31.2 Å². The average molecular weight is 456 g/mol. The number of ether oxygens (including phenoxy) is 1. The third kappa shape index (κ3) is 3.84. The molecule has 3 aromatic rings. The van der Waals surface area contributed by atoms with E-state index >= 15 is 0 Å². The van der Waals surface area contributed by atoms with E-state index in [0.29, 0.717) is 36.0 Å². The van der Waals surface area contributed by atoms with E-state index in [1.54, 1.807) is 24.5 Å². The largest absolute Gasteiger partial charge is 0.377 e. The lowest BCUT2D eigenvalue weighted by Gasteiger charge is -2.34. The standard InChI is InChI=1S/C22H23FN6O2S/c1-14-13-31-9-8-29(14)19-10-18(27-20(28-19)15-11-25-21(24)26-12-15)22(6-7-22)32(30)17-4-2-16(23)3-5-17/h2-5,10-12,14H,6-9,13H2,1H3,(H2,24,25,26)/p+1/t14-,32?/m0/s1. The molecule has 1 saturated heterocycles. The lowest BCUT2D eigenvalue weighted by molar-refractivity contribution is 0.0985. The fourth-order valence-corrected chi connectivity index (χ4v) is 5.73. The number of morpholine rings is 1.